The van der Waals surface area contributed by atoms with E-state index in [2.05, 4.69) is 256 Å². The van der Waals surface area contributed by atoms with Crippen molar-refractivity contribution >= 4 is 106 Å². The number of aryl methyl sites for hydroxylation is 1. The molecule has 4 aliphatic rings. The van der Waals surface area contributed by atoms with Crippen LogP contribution in [-0.4, -0.2) is 6.71 Å². The first-order valence-corrected chi connectivity index (χ1v) is 28.1. The van der Waals surface area contributed by atoms with Crippen LogP contribution in [0, 0.1) is 6.92 Å². The van der Waals surface area contributed by atoms with E-state index in [0.717, 1.165) is 24.2 Å². The molecule has 13 rings (SSSR count). The predicted molar refractivity (Wildman–Crippen MR) is 322 cm³/mol. The first-order valence-electron chi connectivity index (χ1n) is 27.3. The lowest BCUT2D eigenvalue weighted by atomic mass is 9.33. The first-order chi connectivity index (χ1) is 35.2. The maximum Gasteiger partial charge on any atom is 0.252 e. The molecule has 0 saturated heterocycles. The van der Waals surface area contributed by atoms with Crippen molar-refractivity contribution in [2.24, 2.45) is 0 Å². The van der Waals surface area contributed by atoms with Gasteiger partial charge in [0.1, 0.15) is 0 Å². The third-order valence-corrected chi connectivity index (χ3v) is 19.4. The van der Waals surface area contributed by atoms with Gasteiger partial charge in [-0.3, -0.25) is 0 Å². The lowest BCUT2D eigenvalue weighted by Gasteiger charge is -2.48. The maximum absolute atomic E-state index is 2.72. The van der Waals surface area contributed by atoms with E-state index in [1.165, 1.54) is 123 Å². The molecule has 3 heterocycles. The van der Waals surface area contributed by atoms with Gasteiger partial charge in [-0.2, -0.15) is 0 Å². The van der Waals surface area contributed by atoms with E-state index in [-0.39, 0.29) is 33.8 Å². The Kier molecular flexibility index (Phi) is 10.3. The van der Waals surface area contributed by atoms with E-state index in [1.807, 2.05) is 11.3 Å². The zero-order valence-corrected chi connectivity index (χ0v) is 46.5. The number of anilines is 9. The molecule has 0 saturated carbocycles. The Morgan fingerprint density at radius 3 is 1.77 bits per heavy atom. The summed E-state index contributed by atoms with van der Waals surface area (Å²) in [5.41, 5.74) is 23.8. The second-order valence-corrected chi connectivity index (χ2v) is 27.0. The zero-order chi connectivity index (χ0) is 51.4. The number of fused-ring (bicyclic) bond motifs is 9. The van der Waals surface area contributed by atoms with Gasteiger partial charge < -0.3 is 14.7 Å². The van der Waals surface area contributed by atoms with Gasteiger partial charge in [0, 0.05) is 61.0 Å². The second-order valence-electron chi connectivity index (χ2n) is 26.0. The molecule has 2 aliphatic carbocycles. The minimum absolute atomic E-state index is 0.0232. The van der Waals surface area contributed by atoms with Crippen LogP contribution < -0.4 is 31.1 Å². The molecule has 0 atom stereocenters. The fourth-order valence-corrected chi connectivity index (χ4v) is 14.8. The van der Waals surface area contributed by atoms with Gasteiger partial charge >= 0.3 is 0 Å². The molecule has 74 heavy (non-hydrogen) atoms. The van der Waals surface area contributed by atoms with Crippen molar-refractivity contribution in [3.63, 3.8) is 0 Å². The quantitative estimate of drug-likeness (QED) is 0.159. The molecule has 2 aliphatic heterocycles. The van der Waals surface area contributed by atoms with Crippen LogP contribution in [0.2, 0.25) is 0 Å². The number of para-hydroxylation sites is 2. The second kappa shape index (κ2) is 16.2. The Morgan fingerprint density at radius 1 is 0.473 bits per heavy atom. The van der Waals surface area contributed by atoms with Crippen molar-refractivity contribution in [3.05, 3.63) is 191 Å². The third-order valence-electron chi connectivity index (χ3n) is 18.2. The Balaban J connectivity index is 1.17. The van der Waals surface area contributed by atoms with Crippen molar-refractivity contribution in [2.75, 3.05) is 14.7 Å². The van der Waals surface area contributed by atoms with Crippen LogP contribution in [0.4, 0.5) is 51.2 Å². The lowest BCUT2D eigenvalue weighted by molar-refractivity contribution is 0.332. The highest BCUT2D eigenvalue weighted by Crippen LogP contribution is 2.55. The Morgan fingerprint density at radius 2 is 1.07 bits per heavy atom. The summed E-state index contributed by atoms with van der Waals surface area (Å²) in [6.45, 7) is 29.2. The van der Waals surface area contributed by atoms with E-state index >= 15 is 0 Å². The molecule has 3 nitrogen and oxygen atoms in total. The first kappa shape index (κ1) is 47.2. The SMILES string of the molecule is Cc1ccccc1N(c1ccccc1)c1ccc2c(c1)N(c1cccc3c1sc1ccccc13)c1cc(C(C)(C)C)cc3c1B2c1cc2c(cc1N3c1ccc3c(c1)C(C)(C)CCC3(C)C)C(C)(C)CCC2(C)C. The monoisotopic (exact) mass is 984 g/mol. The molecule has 370 valence electrons. The van der Waals surface area contributed by atoms with E-state index in [4.69, 9.17) is 0 Å². The van der Waals surface area contributed by atoms with Gasteiger partial charge in [-0.15, -0.1) is 11.3 Å². The van der Waals surface area contributed by atoms with Gasteiger partial charge in [0.05, 0.1) is 10.4 Å². The van der Waals surface area contributed by atoms with Gasteiger partial charge in [0.25, 0.3) is 6.71 Å². The minimum Gasteiger partial charge on any atom is -0.311 e. The highest BCUT2D eigenvalue weighted by atomic mass is 32.1. The summed E-state index contributed by atoms with van der Waals surface area (Å²) in [6, 6.07) is 61.3. The summed E-state index contributed by atoms with van der Waals surface area (Å²) in [4.78, 5) is 7.88. The van der Waals surface area contributed by atoms with E-state index < -0.39 is 0 Å². The molecule has 0 unspecified atom stereocenters. The average Bonchev–Trinajstić information content (AvgIpc) is 3.76. The third kappa shape index (κ3) is 7.12. The predicted octanol–water partition coefficient (Wildman–Crippen LogP) is 17.9. The lowest BCUT2D eigenvalue weighted by Crippen LogP contribution is -2.62. The Bertz CT molecular complexity index is 3770. The molecule has 9 aromatic rings. The molecule has 0 spiro atoms. The fraction of sp³-hybridized carbons (Fsp3) is 0.304. The number of nitrogens with zero attached hydrogens (tertiary/aromatic N) is 3. The van der Waals surface area contributed by atoms with Gasteiger partial charge in [0.2, 0.25) is 0 Å². The van der Waals surface area contributed by atoms with Crippen molar-refractivity contribution in [1.29, 1.82) is 0 Å². The van der Waals surface area contributed by atoms with Crippen molar-refractivity contribution in [3.8, 4) is 0 Å². The number of rotatable bonds is 5. The fourth-order valence-electron chi connectivity index (χ4n) is 13.6. The molecule has 1 aromatic heterocycles. The van der Waals surface area contributed by atoms with Crippen LogP contribution in [0.5, 0.6) is 0 Å². The number of thiophene rings is 1. The van der Waals surface area contributed by atoms with Crippen LogP contribution in [0.15, 0.2) is 158 Å². The van der Waals surface area contributed by atoms with Gasteiger partial charge in [-0.25, -0.2) is 0 Å². The van der Waals surface area contributed by atoms with Gasteiger partial charge in [-0.05, 0) is 182 Å². The smallest absolute Gasteiger partial charge is 0.252 e. The van der Waals surface area contributed by atoms with E-state index in [1.54, 1.807) is 0 Å². The maximum atomic E-state index is 2.72. The molecule has 5 heteroatoms. The molecule has 0 radical (unpaired) electrons. The highest BCUT2D eigenvalue weighted by Gasteiger charge is 2.48. The summed E-state index contributed by atoms with van der Waals surface area (Å²) >= 11 is 1.92. The Labute approximate surface area is 445 Å². The largest absolute Gasteiger partial charge is 0.311 e. The van der Waals surface area contributed by atoms with Crippen LogP contribution in [0.3, 0.4) is 0 Å². The molecule has 8 aromatic carbocycles. The van der Waals surface area contributed by atoms with E-state index in [0.29, 0.717) is 0 Å². The van der Waals surface area contributed by atoms with Crippen molar-refractivity contribution in [2.45, 2.75) is 136 Å². The molecular formula is C69H70BN3S. The minimum atomic E-state index is -0.150. The summed E-state index contributed by atoms with van der Waals surface area (Å²) < 4.78 is 2.62. The standard InChI is InChI=1S/C69H70BN3S/c1-43-21-16-18-26-56(43)71(45-22-14-13-15-23-45)47-30-32-54-58(40-47)73(57-27-20-25-49-48-24-17-19-28-62(48)74-64(49)57)61-38-44(65(2,3)4)37-60-63(61)70(54)55-41-52-53(69(11,12)36-35-68(52,9)10)42-59(55)72(60)46-29-31-50-51(39-46)67(7,8)34-33-66(50,5)6/h13-32,37-42H,33-36H2,1-12H3. The van der Waals surface area contributed by atoms with Crippen LogP contribution >= 0.6 is 11.3 Å². The summed E-state index contributed by atoms with van der Waals surface area (Å²) in [7, 11) is 0. The van der Waals surface area contributed by atoms with Gasteiger partial charge in [-0.1, -0.05) is 161 Å². The van der Waals surface area contributed by atoms with Crippen LogP contribution in [0.25, 0.3) is 20.2 Å². The number of benzene rings is 8. The van der Waals surface area contributed by atoms with E-state index in [9.17, 15) is 0 Å². The van der Waals surface area contributed by atoms with Crippen molar-refractivity contribution in [1.82, 2.24) is 0 Å². The molecule has 0 N–H and O–H groups in total. The van der Waals surface area contributed by atoms with Crippen LogP contribution in [0.1, 0.15) is 135 Å². The number of hydrogen-bond acceptors (Lipinski definition) is 4. The van der Waals surface area contributed by atoms with Crippen molar-refractivity contribution < 1.29 is 0 Å². The molecule has 0 amide bonds. The zero-order valence-electron chi connectivity index (χ0n) is 45.7. The van der Waals surface area contributed by atoms with Crippen LogP contribution in [-0.2, 0) is 27.1 Å². The normalized spacial score (nSPS) is 17.6. The summed E-state index contributed by atoms with van der Waals surface area (Å²) in [5.74, 6) is 0. The topological polar surface area (TPSA) is 9.72 Å². The highest BCUT2D eigenvalue weighted by molar-refractivity contribution is 7.26. The molecular weight excluding hydrogens is 914 g/mol. The summed E-state index contributed by atoms with van der Waals surface area (Å²) in [5, 5.41) is 2.62. The summed E-state index contributed by atoms with van der Waals surface area (Å²) in [6.07, 6.45) is 4.68. The molecule has 0 fully saturated rings. The van der Waals surface area contributed by atoms with Gasteiger partial charge in [0.15, 0.2) is 0 Å². The number of hydrogen-bond donors (Lipinski definition) is 0. The Hall–Kier alpha value is -6.56. The molecule has 0 bridgehead atoms. The average molecular weight is 984 g/mol.